The van der Waals surface area contributed by atoms with Gasteiger partial charge in [0.15, 0.2) is 0 Å². The van der Waals surface area contributed by atoms with Gasteiger partial charge in [-0.15, -0.1) is 0 Å². The second kappa shape index (κ2) is 9.01. The van der Waals surface area contributed by atoms with Crippen LogP contribution < -0.4 is 0 Å². The second-order valence-electron chi connectivity index (χ2n) is 3.87. The van der Waals surface area contributed by atoms with E-state index in [1.54, 1.807) is 0 Å². The highest BCUT2D eigenvalue weighted by Gasteiger charge is 2.08. The molecule has 0 aromatic heterocycles. The number of hydrogen-bond donors (Lipinski definition) is 0. The number of rotatable bonds is 8. The third kappa shape index (κ3) is 7.51. The lowest BCUT2D eigenvalue weighted by molar-refractivity contribution is 0.272. The summed E-state index contributed by atoms with van der Waals surface area (Å²) < 4.78 is 0. The Labute approximate surface area is 92.0 Å². The van der Waals surface area contributed by atoms with Crippen LogP contribution in [0.3, 0.4) is 0 Å². The Bertz CT molecular complexity index is 106. The molecule has 80 valence electrons. The van der Waals surface area contributed by atoms with Gasteiger partial charge in [-0.05, 0) is 19.4 Å². The summed E-state index contributed by atoms with van der Waals surface area (Å²) in [6.07, 6.45) is 5.45. The Morgan fingerprint density at radius 1 is 1.31 bits per heavy atom. The third-order valence-electron chi connectivity index (χ3n) is 2.58. The summed E-state index contributed by atoms with van der Waals surface area (Å²) in [6.45, 7) is 7.02. The zero-order valence-electron chi connectivity index (χ0n) is 9.35. The minimum atomic E-state index is 0.906. The Morgan fingerprint density at radius 2 is 2.00 bits per heavy atom. The Balaban J connectivity index is 3.56. The van der Waals surface area contributed by atoms with Crippen molar-refractivity contribution in [3.05, 3.63) is 0 Å². The van der Waals surface area contributed by atoms with Crippen LogP contribution in [0.25, 0.3) is 0 Å². The van der Waals surface area contributed by atoms with Crippen LogP contribution >= 0.6 is 15.9 Å². The predicted molar refractivity (Wildman–Crippen MR) is 64.6 cm³/mol. The summed E-state index contributed by atoms with van der Waals surface area (Å²) in [4.78, 5) is 2.43. The van der Waals surface area contributed by atoms with Crippen LogP contribution in [0.4, 0.5) is 0 Å². The van der Waals surface area contributed by atoms with Crippen molar-refractivity contribution in [3.8, 4) is 0 Å². The van der Waals surface area contributed by atoms with E-state index < -0.39 is 0 Å². The first-order valence-corrected chi connectivity index (χ1v) is 6.61. The van der Waals surface area contributed by atoms with E-state index in [-0.39, 0.29) is 0 Å². The highest BCUT2D eigenvalue weighted by Crippen LogP contribution is 2.13. The summed E-state index contributed by atoms with van der Waals surface area (Å²) in [6, 6.07) is 0. The Hall–Kier alpha value is 0.440. The van der Waals surface area contributed by atoms with Gasteiger partial charge in [0.05, 0.1) is 0 Å². The molecule has 1 atom stereocenters. The molecule has 1 unspecified atom stereocenters. The largest absolute Gasteiger partial charge is 0.305 e. The lowest BCUT2D eigenvalue weighted by Gasteiger charge is -2.22. The lowest BCUT2D eigenvalue weighted by atomic mass is 9.99. The zero-order chi connectivity index (χ0) is 10.1. The molecule has 1 nitrogen and oxygen atoms in total. The number of alkyl halides is 1. The molecule has 2 heteroatoms. The van der Waals surface area contributed by atoms with Crippen LogP contribution in [0, 0.1) is 5.92 Å². The minimum absolute atomic E-state index is 0.906. The van der Waals surface area contributed by atoms with E-state index in [9.17, 15) is 0 Å². The summed E-state index contributed by atoms with van der Waals surface area (Å²) in [7, 11) is 2.22. The van der Waals surface area contributed by atoms with Gasteiger partial charge in [-0.2, -0.15) is 0 Å². The van der Waals surface area contributed by atoms with Crippen molar-refractivity contribution in [3.63, 3.8) is 0 Å². The fourth-order valence-corrected chi connectivity index (χ4v) is 2.20. The fourth-order valence-electron chi connectivity index (χ4n) is 1.59. The maximum atomic E-state index is 3.47. The van der Waals surface area contributed by atoms with Crippen LogP contribution in [-0.4, -0.2) is 30.4 Å². The quantitative estimate of drug-likeness (QED) is 0.596. The van der Waals surface area contributed by atoms with Gasteiger partial charge >= 0.3 is 0 Å². The molecule has 0 aliphatic heterocycles. The summed E-state index contributed by atoms with van der Waals surface area (Å²) in [5, 5.41) is 1.09. The van der Waals surface area contributed by atoms with E-state index in [0.717, 1.165) is 11.2 Å². The zero-order valence-corrected chi connectivity index (χ0v) is 10.9. The molecule has 0 amide bonds. The molecule has 0 heterocycles. The molecule has 0 N–H and O–H groups in total. The lowest BCUT2D eigenvalue weighted by Crippen LogP contribution is -2.27. The van der Waals surface area contributed by atoms with E-state index in [4.69, 9.17) is 0 Å². The van der Waals surface area contributed by atoms with Gasteiger partial charge in [-0.25, -0.2) is 0 Å². The van der Waals surface area contributed by atoms with Crippen LogP contribution in [0.15, 0.2) is 0 Å². The fraction of sp³-hybridized carbons (Fsp3) is 1.00. The van der Waals surface area contributed by atoms with Crippen molar-refractivity contribution in [2.24, 2.45) is 5.92 Å². The van der Waals surface area contributed by atoms with Crippen LogP contribution in [0.5, 0.6) is 0 Å². The molecule has 0 aliphatic carbocycles. The average Bonchev–Trinajstić information content (AvgIpc) is 2.12. The SMILES string of the molecule is CCCCC(CC)CN(C)CCBr. The van der Waals surface area contributed by atoms with Crippen molar-refractivity contribution in [2.45, 2.75) is 39.5 Å². The van der Waals surface area contributed by atoms with E-state index in [2.05, 4.69) is 41.7 Å². The molecular formula is C11H24BrN. The molecule has 0 fully saturated rings. The standard InChI is InChI=1S/C11H24BrN/c1-4-6-7-11(5-2)10-13(3)9-8-12/h11H,4-10H2,1-3H3. The van der Waals surface area contributed by atoms with E-state index in [0.29, 0.717) is 0 Å². The van der Waals surface area contributed by atoms with Crippen LogP contribution in [-0.2, 0) is 0 Å². The normalized spacial score (nSPS) is 13.6. The predicted octanol–water partition coefficient (Wildman–Crippen LogP) is 3.53. The number of nitrogens with zero attached hydrogens (tertiary/aromatic N) is 1. The molecule has 0 aromatic carbocycles. The Kier molecular flexibility index (Phi) is 9.32. The smallest absolute Gasteiger partial charge is 0.0159 e. The van der Waals surface area contributed by atoms with E-state index >= 15 is 0 Å². The first-order chi connectivity index (χ1) is 6.24. The second-order valence-corrected chi connectivity index (χ2v) is 4.66. The Morgan fingerprint density at radius 3 is 2.46 bits per heavy atom. The number of unbranched alkanes of at least 4 members (excludes halogenated alkanes) is 1. The van der Waals surface area contributed by atoms with Crippen molar-refractivity contribution >= 4 is 15.9 Å². The molecule has 0 aliphatic rings. The first kappa shape index (κ1) is 13.4. The van der Waals surface area contributed by atoms with Gasteiger partial charge < -0.3 is 4.90 Å². The first-order valence-electron chi connectivity index (χ1n) is 5.49. The molecule has 0 radical (unpaired) electrons. The van der Waals surface area contributed by atoms with Crippen molar-refractivity contribution in [2.75, 3.05) is 25.5 Å². The number of halogens is 1. The molecule has 0 rings (SSSR count). The minimum Gasteiger partial charge on any atom is -0.305 e. The van der Waals surface area contributed by atoms with E-state index in [1.165, 1.54) is 38.8 Å². The monoisotopic (exact) mass is 249 g/mol. The van der Waals surface area contributed by atoms with Gasteiger partial charge in [0.25, 0.3) is 0 Å². The average molecular weight is 250 g/mol. The molecule has 0 bridgehead atoms. The summed E-state index contributed by atoms with van der Waals surface area (Å²) in [5.74, 6) is 0.906. The molecule has 0 saturated carbocycles. The summed E-state index contributed by atoms with van der Waals surface area (Å²) in [5.41, 5.74) is 0. The van der Waals surface area contributed by atoms with Crippen LogP contribution in [0.2, 0.25) is 0 Å². The van der Waals surface area contributed by atoms with Gasteiger partial charge in [0.2, 0.25) is 0 Å². The third-order valence-corrected chi connectivity index (χ3v) is 2.93. The van der Waals surface area contributed by atoms with Gasteiger partial charge in [-0.1, -0.05) is 49.0 Å². The molecule has 13 heavy (non-hydrogen) atoms. The van der Waals surface area contributed by atoms with Crippen LogP contribution in [0.1, 0.15) is 39.5 Å². The molecule has 0 spiro atoms. The van der Waals surface area contributed by atoms with E-state index in [1.807, 2.05) is 0 Å². The number of hydrogen-bond acceptors (Lipinski definition) is 1. The molecule has 0 aromatic rings. The topological polar surface area (TPSA) is 3.24 Å². The molecule has 0 saturated heterocycles. The maximum Gasteiger partial charge on any atom is 0.0159 e. The highest BCUT2D eigenvalue weighted by molar-refractivity contribution is 9.09. The van der Waals surface area contributed by atoms with Gasteiger partial charge in [0, 0.05) is 18.4 Å². The van der Waals surface area contributed by atoms with Crippen molar-refractivity contribution in [1.29, 1.82) is 0 Å². The van der Waals surface area contributed by atoms with Crippen molar-refractivity contribution < 1.29 is 0 Å². The van der Waals surface area contributed by atoms with Crippen molar-refractivity contribution in [1.82, 2.24) is 4.90 Å². The maximum absolute atomic E-state index is 3.47. The van der Waals surface area contributed by atoms with Gasteiger partial charge in [-0.3, -0.25) is 0 Å². The highest BCUT2D eigenvalue weighted by atomic mass is 79.9. The molecular weight excluding hydrogens is 226 g/mol. The van der Waals surface area contributed by atoms with Gasteiger partial charge in [0.1, 0.15) is 0 Å². The summed E-state index contributed by atoms with van der Waals surface area (Å²) >= 11 is 3.47.